The first-order chi connectivity index (χ1) is 9.22. The van der Waals surface area contributed by atoms with Crippen LogP contribution in [0.25, 0.3) is 12.2 Å². The smallest absolute Gasteiger partial charge is 0.106 e. The fourth-order valence-corrected chi connectivity index (χ4v) is 3.34. The zero-order valence-corrected chi connectivity index (χ0v) is 12.3. The molecular formula is C16H13IO2. The monoisotopic (exact) mass is 364 g/mol. The van der Waals surface area contributed by atoms with Gasteiger partial charge in [0.15, 0.2) is 0 Å². The van der Waals surface area contributed by atoms with Crippen LogP contribution in [0.15, 0.2) is 36.4 Å². The number of fused-ring (bicyclic) bond motifs is 2. The van der Waals surface area contributed by atoms with Crippen LogP contribution in [-0.4, -0.2) is 10.2 Å². The molecule has 0 saturated heterocycles. The Balaban J connectivity index is 2.28. The van der Waals surface area contributed by atoms with Crippen LogP contribution < -0.4 is 0 Å². The molecule has 1 aliphatic rings. The van der Waals surface area contributed by atoms with Crippen LogP contribution in [0.1, 0.15) is 33.9 Å². The second-order valence-electron chi connectivity index (χ2n) is 4.56. The number of aliphatic hydroxyl groups is 2. The van der Waals surface area contributed by atoms with Gasteiger partial charge in [-0.1, -0.05) is 42.5 Å². The summed E-state index contributed by atoms with van der Waals surface area (Å²) in [6.07, 6.45) is 3.33. The normalized spacial score (nSPS) is 16.7. The van der Waals surface area contributed by atoms with Gasteiger partial charge in [-0.05, 0) is 50.9 Å². The Kier molecular flexibility index (Phi) is 3.43. The molecule has 19 heavy (non-hydrogen) atoms. The summed E-state index contributed by atoms with van der Waals surface area (Å²) in [5.41, 5.74) is 4.58. The third-order valence-corrected chi connectivity index (χ3v) is 4.43. The number of benzene rings is 2. The number of hydrogen-bond acceptors (Lipinski definition) is 2. The average Bonchev–Trinajstić information content (AvgIpc) is 2.57. The molecule has 1 aliphatic carbocycles. The summed E-state index contributed by atoms with van der Waals surface area (Å²) < 4.78 is 1.05. The lowest BCUT2D eigenvalue weighted by Crippen LogP contribution is -2.06. The van der Waals surface area contributed by atoms with Crippen LogP contribution in [0.3, 0.4) is 0 Å². The molecule has 0 spiro atoms. The maximum Gasteiger partial charge on any atom is 0.106 e. The highest BCUT2D eigenvalue weighted by Crippen LogP contribution is 2.36. The molecule has 0 aromatic heterocycles. The van der Waals surface area contributed by atoms with E-state index in [1.165, 1.54) is 0 Å². The predicted molar refractivity (Wildman–Crippen MR) is 84.5 cm³/mol. The average molecular weight is 364 g/mol. The molecule has 1 atom stereocenters. The van der Waals surface area contributed by atoms with Crippen molar-refractivity contribution in [2.45, 2.75) is 12.7 Å². The van der Waals surface area contributed by atoms with E-state index in [0.717, 1.165) is 31.4 Å². The highest BCUT2D eigenvalue weighted by molar-refractivity contribution is 14.1. The van der Waals surface area contributed by atoms with Gasteiger partial charge in [-0.3, -0.25) is 0 Å². The van der Waals surface area contributed by atoms with Crippen LogP contribution in [0.4, 0.5) is 0 Å². The second-order valence-corrected chi connectivity index (χ2v) is 5.72. The Hall–Kier alpha value is -1.17. The van der Waals surface area contributed by atoms with Crippen molar-refractivity contribution in [2.24, 2.45) is 0 Å². The van der Waals surface area contributed by atoms with E-state index in [4.69, 9.17) is 0 Å². The zero-order chi connectivity index (χ0) is 13.4. The lowest BCUT2D eigenvalue weighted by atomic mass is 9.94. The minimum Gasteiger partial charge on any atom is -0.392 e. The SMILES string of the molecule is OCc1cccc2c1C=Cc1cccc(I)c1C2O. The molecule has 0 amide bonds. The fourth-order valence-electron chi connectivity index (χ4n) is 2.53. The number of hydrogen-bond donors (Lipinski definition) is 2. The molecule has 0 heterocycles. The number of rotatable bonds is 1. The van der Waals surface area contributed by atoms with Gasteiger partial charge >= 0.3 is 0 Å². The van der Waals surface area contributed by atoms with E-state index < -0.39 is 6.10 Å². The Labute approximate surface area is 125 Å². The quantitative estimate of drug-likeness (QED) is 0.762. The van der Waals surface area contributed by atoms with Gasteiger partial charge in [0.2, 0.25) is 0 Å². The lowest BCUT2D eigenvalue weighted by molar-refractivity contribution is 0.218. The van der Waals surface area contributed by atoms with Crippen LogP contribution in [0, 0.1) is 3.57 Å². The largest absolute Gasteiger partial charge is 0.392 e. The van der Waals surface area contributed by atoms with Gasteiger partial charge in [0.05, 0.1) is 6.61 Å². The van der Waals surface area contributed by atoms with Gasteiger partial charge in [0, 0.05) is 9.13 Å². The number of aliphatic hydroxyl groups excluding tert-OH is 2. The van der Waals surface area contributed by atoms with Crippen molar-refractivity contribution in [2.75, 3.05) is 0 Å². The molecule has 0 bridgehead atoms. The number of halogens is 1. The standard InChI is InChI=1S/C16H13IO2/c17-14-6-2-3-10-7-8-12-11(9-18)4-1-5-13(12)16(19)15(10)14/h1-8,16,18-19H,9H2. The molecule has 2 N–H and O–H groups in total. The van der Waals surface area contributed by atoms with Crippen molar-refractivity contribution in [1.29, 1.82) is 0 Å². The summed E-state index contributed by atoms with van der Waals surface area (Å²) in [4.78, 5) is 0. The molecule has 0 saturated carbocycles. The molecule has 3 rings (SSSR count). The lowest BCUT2D eigenvalue weighted by Gasteiger charge is -2.17. The first-order valence-corrected chi connectivity index (χ1v) is 7.17. The van der Waals surface area contributed by atoms with E-state index in [2.05, 4.69) is 22.6 Å². The summed E-state index contributed by atoms with van der Waals surface area (Å²) in [6.45, 7) is -0.0202. The van der Waals surface area contributed by atoms with Gasteiger partial charge in [0.25, 0.3) is 0 Å². The molecule has 3 heteroatoms. The van der Waals surface area contributed by atoms with Crippen molar-refractivity contribution in [1.82, 2.24) is 0 Å². The van der Waals surface area contributed by atoms with Gasteiger partial charge < -0.3 is 10.2 Å². The summed E-state index contributed by atoms with van der Waals surface area (Å²) >= 11 is 2.25. The minimum atomic E-state index is -0.653. The first kappa shape index (κ1) is 12.8. The zero-order valence-electron chi connectivity index (χ0n) is 10.2. The van der Waals surface area contributed by atoms with Crippen molar-refractivity contribution >= 4 is 34.7 Å². The topological polar surface area (TPSA) is 40.5 Å². The van der Waals surface area contributed by atoms with E-state index in [1.54, 1.807) is 0 Å². The minimum absolute atomic E-state index is 0.0202. The molecule has 2 aromatic rings. The Morgan fingerprint density at radius 3 is 2.63 bits per heavy atom. The van der Waals surface area contributed by atoms with Crippen LogP contribution >= 0.6 is 22.6 Å². The summed E-state index contributed by atoms with van der Waals surface area (Å²) in [5.74, 6) is 0. The van der Waals surface area contributed by atoms with E-state index in [0.29, 0.717) is 0 Å². The molecule has 0 aliphatic heterocycles. The molecule has 2 nitrogen and oxygen atoms in total. The van der Waals surface area contributed by atoms with Crippen LogP contribution in [-0.2, 0) is 6.61 Å². The molecule has 96 valence electrons. The Bertz CT molecular complexity index is 662. The molecule has 1 unspecified atom stereocenters. The van der Waals surface area contributed by atoms with E-state index >= 15 is 0 Å². The third kappa shape index (κ3) is 2.12. The fraction of sp³-hybridized carbons (Fsp3) is 0.125. The van der Waals surface area contributed by atoms with Crippen molar-refractivity contribution < 1.29 is 10.2 Å². The summed E-state index contributed by atoms with van der Waals surface area (Å²) in [7, 11) is 0. The second kappa shape index (κ2) is 5.07. The van der Waals surface area contributed by atoms with Gasteiger partial charge in [-0.15, -0.1) is 0 Å². The van der Waals surface area contributed by atoms with E-state index in [9.17, 15) is 10.2 Å². The van der Waals surface area contributed by atoms with Crippen molar-refractivity contribution in [3.05, 3.63) is 67.8 Å². The van der Waals surface area contributed by atoms with E-state index in [-0.39, 0.29) is 6.61 Å². The molecule has 2 aromatic carbocycles. The third-order valence-electron chi connectivity index (χ3n) is 3.48. The highest BCUT2D eigenvalue weighted by atomic mass is 127. The molecule has 0 fully saturated rings. The predicted octanol–water partition coefficient (Wildman–Crippen LogP) is 3.35. The van der Waals surface area contributed by atoms with Gasteiger partial charge in [-0.25, -0.2) is 0 Å². The van der Waals surface area contributed by atoms with E-state index in [1.807, 2.05) is 48.6 Å². The van der Waals surface area contributed by atoms with Gasteiger partial charge in [0.1, 0.15) is 6.10 Å². The Morgan fingerprint density at radius 2 is 1.84 bits per heavy atom. The molecular weight excluding hydrogens is 351 g/mol. The Morgan fingerprint density at radius 1 is 1.05 bits per heavy atom. The maximum absolute atomic E-state index is 10.7. The van der Waals surface area contributed by atoms with Crippen LogP contribution in [0.2, 0.25) is 0 Å². The van der Waals surface area contributed by atoms with Gasteiger partial charge in [-0.2, -0.15) is 0 Å². The molecule has 0 radical (unpaired) electrons. The van der Waals surface area contributed by atoms with Crippen molar-refractivity contribution in [3.8, 4) is 0 Å². The first-order valence-electron chi connectivity index (χ1n) is 6.09. The van der Waals surface area contributed by atoms with Crippen LogP contribution in [0.5, 0.6) is 0 Å². The maximum atomic E-state index is 10.7. The summed E-state index contributed by atoms with van der Waals surface area (Å²) in [5, 5.41) is 20.1. The summed E-state index contributed by atoms with van der Waals surface area (Å²) in [6, 6.07) is 11.7. The highest BCUT2D eigenvalue weighted by Gasteiger charge is 2.22. The van der Waals surface area contributed by atoms with Crippen molar-refractivity contribution in [3.63, 3.8) is 0 Å².